The molecule has 0 heterocycles. The van der Waals surface area contributed by atoms with Crippen LogP contribution in [0.2, 0.25) is 0 Å². The molecule has 1 nitrogen and oxygen atoms in total. The van der Waals surface area contributed by atoms with Crippen molar-refractivity contribution in [1.82, 2.24) is 0 Å². The first-order chi connectivity index (χ1) is 7.97. The van der Waals surface area contributed by atoms with Gasteiger partial charge in [-0.2, -0.15) is 0 Å². The second-order valence-electron chi connectivity index (χ2n) is 4.88. The highest BCUT2D eigenvalue weighted by Crippen LogP contribution is 2.27. The van der Waals surface area contributed by atoms with Crippen LogP contribution < -0.4 is 5.73 Å². The van der Waals surface area contributed by atoms with Crippen molar-refractivity contribution >= 4 is 5.69 Å². The van der Waals surface area contributed by atoms with Crippen LogP contribution >= 0.6 is 0 Å². The molecule has 0 radical (unpaired) electrons. The first-order valence-electron chi connectivity index (χ1n) is 5.93. The van der Waals surface area contributed by atoms with Crippen molar-refractivity contribution < 1.29 is 0 Å². The van der Waals surface area contributed by atoms with E-state index in [-0.39, 0.29) is 0 Å². The minimum absolute atomic E-state index is 0.874. The quantitative estimate of drug-likeness (QED) is 0.724. The van der Waals surface area contributed by atoms with E-state index in [1.807, 2.05) is 0 Å². The van der Waals surface area contributed by atoms with Gasteiger partial charge in [-0.3, -0.25) is 0 Å². The summed E-state index contributed by atoms with van der Waals surface area (Å²) in [6, 6.07) is 10.9. The lowest BCUT2D eigenvalue weighted by Gasteiger charge is -2.10. The molecule has 0 aromatic heterocycles. The Hall–Kier alpha value is -1.76. The van der Waals surface area contributed by atoms with Gasteiger partial charge in [0.2, 0.25) is 0 Å². The first kappa shape index (κ1) is 11.7. The van der Waals surface area contributed by atoms with Gasteiger partial charge in [0.05, 0.1) is 0 Å². The molecule has 0 aliphatic rings. The van der Waals surface area contributed by atoms with Gasteiger partial charge in [-0.25, -0.2) is 0 Å². The molecule has 0 aliphatic heterocycles. The summed E-state index contributed by atoms with van der Waals surface area (Å²) in [6.45, 7) is 8.43. The summed E-state index contributed by atoms with van der Waals surface area (Å²) in [7, 11) is 0. The summed E-state index contributed by atoms with van der Waals surface area (Å²) in [5.74, 6) is 0. The predicted molar refractivity (Wildman–Crippen MR) is 75.2 cm³/mol. The van der Waals surface area contributed by atoms with Gasteiger partial charge in [0.1, 0.15) is 0 Å². The SMILES string of the molecule is Cc1cc(C)cc(-c2cc(C)c(C)c(N)c2)c1. The van der Waals surface area contributed by atoms with Crippen LogP contribution in [0.15, 0.2) is 30.3 Å². The van der Waals surface area contributed by atoms with Crippen molar-refractivity contribution in [1.29, 1.82) is 0 Å². The van der Waals surface area contributed by atoms with Crippen molar-refractivity contribution in [3.05, 3.63) is 52.6 Å². The lowest BCUT2D eigenvalue weighted by molar-refractivity contribution is 1.33. The molecule has 17 heavy (non-hydrogen) atoms. The topological polar surface area (TPSA) is 26.0 Å². The minimum Gasteiger partial charge on any atom is -0.398 e. The van der Waals surface area contributed by atoms with Crippen LogP contribution in [0.1, 0.15) is 22.3 Å². The smallest absolute Gasteiger partial charge is 0.0352 e. The molecular formula is C16H19N. The van der Waals surface area contributed by atoms with Crippen LogP contribution in [0.3, 0.4) is 0 Å². The predicted octanol–water partition coefficient (Wildman–Crippen LogP) is 4.17. The molecule has 1 heteroatoms. The molecule has 0 saturated carbocycles. The molecule has 88 valence electrons. The normalized spacial score (nSPS) is 10.6. The van der Waals surface area contributed by atoms with Gasteiger partial charge in [-0.1, -0.05) is 35.4 Å². The molecule has 0 bridgehead atoms. The maximum absolute atomic E-state index is 6.03. The summed E-state index contributed by atoms with van der Waals surface area (Å²) < 4.78 is 0. The molecule has 0 fully saturated rings. The van der Waals surface area contributed by atoms with Crippen molar-refractivity contribution in [2.24, 2.45) is 0 Å². The second kappa shape index (κ2) is 4.25. The van der Waals surface area contributed by atoms with Gasteiger partial charge in [-0.15, -0.1) is 0 Å². The van der Waals surface area contributed by atoms with Crippen molar-refractivity contribution in [3.8, 4) is 11.1 Å². The Kier molecular flexibility index (Phi) is 2.93. The average molecular weight is 225 g/mol. The number of aryl methyl sites for hydroxylation is 3. The van der Waals surface area contributed by atoms with Gasteiger partial charge in [-0.05, 0) is 56.0 Å². The van der Waals surface area contributed by atoms with Crippen molar-refractivity contribution in [2.45, 2.75) is 27.7 Å². The van der Waals surface area contributed by atoms with Gasteiger partial charge in [0.25, 0.3) is 0 Å². The lowest BCUT2D eigenvalue weighted by atomic mass is 9.96. The zero-order chi connectivity index (χ0) is 12.6. The van der Waals surface area contributed by atoms with Crippen LogP contribution in [0.5, 0.6) is 0 Å². The Morgan fingerprint density at radius 2 is 1.24 bits per heavy atom. The Morgan fingerprint density at radius 1 is 0.706 bits per heavy atom. The van der Waals surface area contributed by atoms with Gasteiger partial charge < -0.3 is 5.73 Å². The summed E-state index contributed by atoms with van der Waals surface area (Å²) in [5.41, 5.74) is 14.4. The highest BCUT2D eigenvalue weighted by molar-refractivity contribution is 5.71. The van der Waals surface area contributed by atoms with E-state index in [1.54, 1.807) is 0 Å². The molecule has 0 spiro atoms. The fourth-order valence-corrected chi connectivity index (χ4v) is 2.19. The van der Waals surface area contributed by atoms with E-state index < -0.39 is 0 Å². The molecule has 2 aromatic rings. The van der Waals surface area contributed by atoms with Crippen molar-refractivity contribution in [3.63, 3.8) is 0 Å². The summed E-state index contributed by atoms with van der Waals surface area (Å²) >= 11 is 0. The Labute approximate surface area is 103 Å². The number of nitrogen functional groups attached to an aromatic ring is 1. The fourth-order valence-electron chi connectivity index (χ4n) is 2.19. The highest BCUT2D eigenvalue weighted by Gasteiger charge is 2.04. The zero-order valence-electron chi connectivity index (χ0n) is 11.0. The van der Waals surface area contributed by atoms with Crippen molar-refractivity contribution in [2.75, 3.05) is 5.73 Å². The van der Waals surface area contributed by atoms with E-state index in [0.717, 1.165) is 5.69 Å². The highest BCUT2D eigenvalue weighted by atomic mass is 14.6. The van der Waals surface area contributed by atoms with E-state index in [9.17, 15) is 0 Å². The van der Waals surface area contributed by atoms with E-state index in [0.29, 0.717) is 0 Å². The van der Waals surface area contributed by atoms with E-state index in [2.05, 4.69) is 58.0 Å². The zero-order valence-corrected chi connectivity index (χ0v) is 11.0. The molecule has 0 atom stereocenters. The van der Waals surface area contributed by atoms with Gasteiger partial charge in [0, 0.05) is 5.69 Å². The molecule has 0 saturated heterocycles. The minimum atomic E-state index is 0.874. The molecular weight excluding hydrogens is 206 g/mol. The Bertz CT molecular complexity index is 524. The molecule has 2 aromatic carbocycles. The lowest BCUT2D eigenvalue weighted by Crippen LogP contribution is -1.94. The summed E-state index contributed by atoms with van der Waals surface area (Å²) in [4.78, 5) is 0. The largest absolute Gasteiger partial charge is 0.398 e. The molecule has 2 N–H and O–H groups in total. The standard InChI is InChI=1S/C16H19N/c1-10-5-11(2)7-14(6-10)15-8-12(3)13(4)16(17)9-15/h5-9H,17H2,1-4H3. The monoisotopic (exact) mass is 225 g/mol. The third-order valence-electron chi connectivity index (χ3n) is 3.26. The fraction of sp³-hybridized carbons (Fsp3) is 0.250. The second-order valence-corrected chi connectivity index (χ2v) is 4.88. The first-order valence-corrected chi connectivity index (χ1v) is 5.93. The molecule has 0 unspecified atom stereocenters. The Morgan fingerprint density at radius 3 is 1.76 bits per heavy atom. The van der Waals surface area contributed by atoms with E-state index in [1.165, 1.54) is 33.4 Å². The van der Waals surface area contributed by atoms with Crippen LogP contribution in [-0.4, -0.2) is 0 Å². The number of hydrogen-bond acceptors (Lipinski definition) is 1. The van der Waals surface area contributed by atoms with E-state index >= 15 is 0 Å². The number of anilines is 1. The maximum Gasteiger partial charge on any atom is 0.0352 e. The van der Waals surface area contributed by atoms with Crippen LogP contribution in [0.25, 0.3) is 11.1 Å². The molecule has 0 amide bonds. The molecule has 0 aliphatic carbocycles. The number of nitrogens with two attached hydrogens (primary N) is 1. The third kappa shape index (κ3) is 2.33. The number of rotatable bonds is 1. The van der Waals surface area contributed by atoms with Crippen LogP contribution in [-0.2, 0) is 0 Å². The number of hydrogen-bond donors (Lipinski definition) is 1. The average Bonchev–Trinajstić information content (AvgIpc) is 2.23. The number of benzene rings is 2. The summed E-state index contributed by atoms with van der Waals surface area (Å²) in [5, 5.41) is 0. The van der Waals surface area contributed by atoms with Crippen LogP contribution in [0, 0.1) is 27.7 Å². The van der Waals surface area contributed by atoms with Crippen LogP contribution in [0.4, 0.5) is 5.69 Å². The molecule has 2 rings (SSSR count). The summed E-state index contributed by atoms with van der Waals surface area (Å²) in [6.07, 6.45) is 0. The Balaban J connectivity index is 2.60. The van der Waals surface area contributed by atoms with Gasteiger partial charge in [0.15, 0.2) is 0 Å². The van der Waals surface area contributed by atoms with E-state index in [4.69, 9.17) is 5.73 Å². The van der Waals surface area contributed by atoms with Gasteiger partial charge >= 0.3 is 0 Å². The maximum atomic E-state index is 6.03. The third-order valence-corrected chi connectivity index (χ3v) is 3.26.